The lowest BCUT2D eigenvalue weighted by Gasteiger charge is -2.10. The van der Waals surface area contributed by atoms with Crippen LogP contribution in [0.3, 0.4) is 0 Å². The number of fused-ring (bicyclic) bond motifs is 1. The number of hydrogen-bond acceptors (Lipinski definition) is 2. The molecule has 0 saturated heterocycles. The minimum atomic E-state index is 0.506. The van der Waals surface area contributed by atoms with Gasteiger partial charge < -0.3 is 10.5 Å². The maximum Gasteiger partial charge on any atom is 0.128 e. The van der Waals surface area contributed by atoms with Crippen molar-refractivity contribution in [3.8, 4) is 11.5 Å². The molecule has 0 fully saturated rings. The van der Waals surface area contributed by atoms with Crippen molar-refractivity contribution in [3.63, 3.8) is 0 Å². The van der Waals surface area contributed by atoms with Crippen LogP contribution in [0.15, 0.2) is 66.7 Å². The second-order valence-electron chi connectivity index (χ2n) is 4.42. The predicted molar refractivity (Wildman–Crippen MR) is 78.4 cm³/mol. The van der Waals surface area contributed by atoms with E-state index in [2.05, 4.69) is 12.1 Å². The van der Waals surface area contributed by atoms with Crippen molar-refractivity contribution in [2.45, 2.75) is 6.54 Å². The van der Waals surface area contributed by atoms with Crippen LogP contribution >= 0.6 is 0 Å². The van der Waals surface area contributed by atoms with Crippen LogP contribution in [0.4, 0.5) is 0 Å². The number of hydrogen-bond donors (Lipinski definition) is 1. The molecule has 0 heterocycles. The lowest BCUT2D eigenvalue weighted by molar-refractivity contribution is 0.483. The fourth-order valence-electron chi connectivity index (χ4n) is 2.21. The van der Waals surface area contributed by atoms with E-state index in [1.807, 2.05) is 54.6 Å². The first-order valence-corrected chi connectivity index (χ1v) is 6.31. The highest BCUT2D eigenvalue weighted by Gasteiger charge is 2.04. The molecule has 3 aromatic rings. The SMILES string of the molecule is NCc1cc(Oc2ccccc2)cc2ccccc12. The molecule has 3 rings (SSSR count). The molecule has 0 bridgehead atoms. The molecule has 0 aliphatic rings. The van der Waals surface area contributed by atoms with Crippen LogP contribution < -0.4 is 10.5 Å². The van der Waals surface area contributed by atoms with E-state index >= 15 is 0 Å². The third-order valence-corrected chi connectivity index (χ3v) is 3.12. The van der Waals surface area contributed by atoms with Gasteiger partial charge in [-0.25, -0.2) is 0 Å². The molecule has 0 unspecified atom stereocenters. The molecular weight excluding hydrogens is 234 g/mol. The summed E-state index contributed by atoms with van der Waals surface area (Å²) in [6.45, 7) is 0.506. The van der Waals surface area contributed by atoms with Crippen molar-refractivity contribution < 1.29 is 4.74 Å². The number of benzene rings is 3. The first-order chi connectivity index (χ1) is 9.36. The Morgan fingerprint density at radius 2 is 1.53 bits per heavy atom. The summed E-state index contributed by atoms with van der Waals surface area (Å²) in [5, 5.41) is 2.33. The molecule has 0 atom stereocenters. The smallest absolute Gasteiger partial charge is 0.128 e. The zero-order valence-corrected chi connectivity index (χ0v) is 10.5. The van der Waals surface area contributed by atoms with Gasteiger partial charge in [0, 0.05) is 6.54 Å². The topological polar surface area (TPSA) is 35.2 Å². The van der Waals surface area contributed by atoms with E-state index < -0.39 is 0 Å². The largest absolute Gasteiger partial charge is 0.457 e. The molecule has 2 nitrogen and oxygen atoms in total. The summed E-state index contributed by atoms with van der Waals surface area (Å²) in [5.41, 5.74) is 6.92. The van der Waals surface area contributed by atoms with Crippen LogP contribution in [-0.4, -0.2) is 0 Å². The van der Waals surface area contributed by atoms with E-state index in [0.29, 0.717) is 6.54 Å². The predicted octanol–water partition coefficient (Wildman–Crippen LogP) is 4.09. The Morgan fingerprint density at radius 1 is 0.789 bits per heavy atom. The number of para-hydroxylation sites is 1. The van der Waals surface area contributed by atoms with E-state index in [0.717, 1.165) is 22.4 Å². The van der Waals surface area contributed by atoms with Gasteiger partial charge >= 0.3 is 0 Å². The zero-order valence-electron chi connectivity index (χ0n) is 10.5. The van der Waals surface area contributed by atoms with Crippen molar-refractivity contribution in [1.29, 1.82) is 0 Å². The minimum absolute atomic E-state index is 0.506. The number of nitrogens with two attached hydrogens (primary N) is 1. The second kappa shape index (κ2) is 5.12. The van der Waals surface area contributed by atoms with Gasteiger partial charge in [0.15, 0.2) is 0 Å². The highest BCUT2D eigenvalue weighted by atomic mass is 16.5. The van der Waals surface area contributed by atoms with Gasteiger partial charge in [-0.05, 0) is 40.6 Å². The Morgan fingerprint density at radius 3 is 2.32 bits per heavy atom. The minimum Gasteiger partial charge on any atom is -0.457 e. The van der Waals surface area contributed by atoms with Gasteiger partial charge in [-0.1, -0.05) is 42.5 Å². The lowest BCUT2D eigenvalue weighted by atomic mass is 10.0. The first kappa shape index (κ1) is 11.8. The van der Waals surface area contributed by atoms with Gasteiger partial charge in [0.25, 0.3) is 0 Å². The van der Waals surface area contributed by atoms with Gasteiger partial charge in [0.1, 0.15) is 11.5 Å². The van der Waals surface area contributed by atoms with Crippen LogP contribution in [-0.2, 0) is 6.54 Å². The molecule has 2 N–H and O–H groups in total. The molecule has 0 spiro atoms. The van der Waals surface area contributed by atoms with Crippen LogP contribution in [0.25, 0.3) is 10.8 Å². The highest BCUT2D eigenvalue weighted by molar-refractivity contribution is 5.87. The third kappa shape index (κ3) is 2.44. The van der Waals surface area contributed by atoms with Crippen LogP contribution in [0.1, 0.15) is 5.56 Å². The molecule has 0 radical (unpaired) electrons. The summed E-state index contributed by atoms with van der Waals surface area (Å²) in [4.78, 5) is 0. The van der Waals surface area contributed by atoms with Gasteiger partial charge in [0.05, 0.1) is 0 Å². The summed E-state index contributed by atoms with van der Waals surface area (Å²) in [6, 6.07) is 22.0. The van der Waals surface area contributed by atoms with Crippen molar-refractivity contribution in [2.75, 3.05) is 0 Å². The van der Waals surface area contributed by atoms with E-state index in [-0.39, 0.29) is 0 Å². The fraction of sp³-hybridized carbons (Fsp3) is 0.0588. The molecular formula is C17H15NO. The Balaban J connectivity index is 2.05. The van der Waals surface area contributed by atoms with Crippen LogP contribution in [0.2, 0.25) is 0 Å². The molecule has 3 aromatic carbocycles. The van der Waals surface area contributed by atoms with E-state index in [1.165, 1.54) is 5.39 Å². The van der Waals surface area contributed by atoms with Gasteiger partial charge in [-0.15, -0.1) is 0 Å². The Hall–Kier alpha value is -2.32. The summed E-state index contributed by atoms with van der Waals surface area (Å²) >= 11 is 0. The third-order valence-electron chi connectivity index (χ3n) is 3.12. The van der Waals surface area contributed by atoms with Crippen molar-refractivity contribution in [3.05, 3.63) is 72.3 Å². The summed E-state index contributed by atoms with van der Waals surface area (Å²) in [7, 11) is 0. The van der Waals surface area contributed by atoms with Crippen molar-refractivity contribution in [2.24, 2.45) is 5.73 Å². The molecule has 19 heavy (non-hydrogen) atoms. The number of rotatable bonds is 3. The Kier molecular flexibility index (Phi) is 3.17. The van der Waals surface area contributed by atoms with Gasteiger partial charge in [-0.3, -0.25) is 0 Å². The van der Waals surface area contributed by atoms with Crippen LogP contribution in [0, 0.1) is 0 Å². The zero-order chi connectivity index (χ0) is 13.1. The van der Waals surface area contributed by atoms with Gasteiger partial charge in [0.2, 0.25) is 0 Å². The normalized spacial score (nSPS) is 10.6. The molecule has 94 valence electrons. The Bertz CT molecular complexity index is 692. The average Bonchev–Trinajstić information content (AvgIpc) is 2.47. The summed E-state index contributed by atoms with van der Waals surface area (Å²) in [5.74, 6) is 1.66. The highest BCUT2D eigenvalue weighted by Crippen LogP contribution is 2.28. The fourth-order valence-corrected chi connectivity index (χ4v) is 2.21. The average molecular weight is 249 g/mol. The van der Waals surface area contributed by atoms with Gasteiger partial charge in [-0.2, -0.15) is 0 Å². The van der Waals surface area contributed by atoms with E-state index in [1.54, 1.807) is 0 Å². The summed E-state index contributed by atoms with van der Waals surface area (Å²) in [6.07, 6.45) is 0. The molecule has 0 aliphatic carbocycles. The second-order valence-corrected chi connectivity index (χ2v) is 4.42. The molecule has 0 aromatic heterocycles. The Labute approximate surface area is 112 Å². The molecule has 2 heteroatoms. The molecule has 0 amide bonds. The van der Waals surface area contributed by atoms with E-state index in [4.69, 9.17) is 10.5 Å². The monoisotopic (exact) mass is 249 g/mol. The quantitative estimate of drug-likeness (QED) is 0.758. The first-order valence-electron chi connectivity index (χ1n) is 6.31. The maximum atomic E-state index is 5.87. The maximum absolute atomic E-state index is 5.87. The van der Waals surface area contributed by atoms with E-state index in [9.17, 15) is 0 Å². The van der Waals surface area contributed by atoms with Crippen LogP contribution in [0.5, 0.6) is 11.5 Å². The van der Waals surface area contributed by atoms with Crippen molar-refractivity contribution >= 4 is 10.8 Å². The summed E-state index contributed by atoms with van der Waals surface area (Å²) < 4.78 is 5.87. The standard InChI is InChI=1S/C17H15NO/c18-12-14-11-16(19-15-7-2-1-3-8-15)10-13-6-4-5-9-17(13)14/h1-11H,12,18H2. The molecule has 0 aliphatic heterocycles. The lowest BCUT2D eigenvalue weighted by Crippen LogP contribution is -1.98. The van der Waals surface area contributed by atoms with Crippen molar-refractivity contribution in [1.82, 2.24) is 0 Å². The number of ether oxygens (including phenoxy) is 1. The molecule has 0 saturated carbocycles.